The molecule has 1 aliphatic rings. The molecule has 0 aromatic heterocycles. The lowest BCUT2D eigenvalue weighted by molar-refractivity contribution is -0.141. The molecule has 9 nitrogen and oxygen atoms in total. The highest BCUT2D eigenvalue weighted by Gasteiger charge is 2.30. The molecule has 0 spiro atoms. The van der Waals surface area contributed by atoms with Crippen LogP contribution >= 0.6 is 11.6 Å². The van der Waals surface area contributed by atoms with E-state index in [1.165, 1.54) is 4.31 Å². The number of hydrogen-bond acceptors (Lipinski definition) is 6. The van der Waals surface area contributed by atoms with Crippen LogP contribution in [-0.2, 0) is 32.6 Å². The number of benzene rings is 3. The summed E-state index contributed by atoms with van der Waals surface area (Å²) in [5.41, 5.74) is 2.18. The van der Waals surface area contributed by atoms with Crippen molar-refractivity contribution in [3.63, 3.8) is 0 Å². The second-order valence-electron chi connectivity index (χ2n) is 10.1. The Labute approximate surface area is 252 Å². The molecule has 0 saturated carbocycles. The van der Waals surface area contributed by atoms with Crippen LogP contribution in [0, 0.1) is 0 Å². The number of amides is 2. The third-order valence-corrected chi connectivity index (χ3v) is 8.33. The van der Waals surface area contributed by atoms with E-state index >= 15 is 0 Å². The quantitative estimate of drug-likeness (QED) is 0.281. The monoisotopic (exact) mass is 613 g/mol. The number of halogens is 1. The molecule has 1 unspecified atom stereocenters. The van der Waals surface area contributed by atoms with E-state index in [1.54, 1.807) is 35.2 Å². The van der Waals surface area contributed by atoms with Gasteiger partial charge in [0.25, 0.3) is 0 Å². The number of fused-ring (bicyclic) bond motifs is 1. The van der Waals surface area contributed by atoms with Crippen molar-refractivity contribution in [3.05, 3.63) is 88.9 Å². The molecule has 0 bridgehead atoms. The van der Waals surface area contributed by atoms with Crippen LogP contribution in [0.2, 0.25) is 5.02 Å². The van der Waals surface area contributed by atoms with Gasteiger partial charge in [0.1, 0.15) is 6.04 Å². The van der Waals surface area contributed by atoms with Gasteiger partial charge >= 0.3 is 0 Å². The molecular weight excluding hydrogens is 578 g/mol. The topological polar surface area (TPSA) is 105 Å². The SMILES string of the molecule is CCCNC(=O)C(Cc1ccccc1)N(Cc1ccc(Cl)cc1)C(=O)CCCN(c1ccc2c(c1)OCO2)S(C)(=O)=O. The van der Waals surface area contributed by atoms with Gasteiger partial charge in [-0.15, -0.1) is 0 Å². The van der Waals surface area contributed by atoms with Crippen LogP contribution in [0.25, 0.3) is 0 Å². The summed E-state index contributed by atoms with van der Waals surface area (Å²) in [6, 6.07) is 20.9. The molecule has 1 aliphatic heterocycles. The third-order valence-electron chi connectivity index (χ3n) is 6.88. The average molecular weight is 614 g/mol. The Balaban J connectivity index is 1.56. The number of hydrogen-bond donors (Lipinski definition) is 1. The summed E-state index contributed by atoms with van der Waals surface area (Å²) in [6.07, 6.45) is 2.50. The van der Waals surface area contributed by atoms with E-state index in [4.69, 9.17) is 21.1 Å². The predicted molar refractivity (Wildman–Crippen MR) is 163 cm³/mol. The molecule has 0 fully saturated rings. The smallest absolute Gasteiger partial charge is 0.243 e. The fourth-order valence-corrected chi connectivity index (χ4v) is 5.83. The molecule has 3 aromatic carbocycles. The Bertz CT molecular complexity index is 1470. The van der Waals surface area contributed by atoms with E-state index < -0.39 is 16.1 Å². The molecule has 1 atom stereocenters. The lowest BCUT2D eigenvalue weighted by Gasteiger charge is -2.32. The van der Waals surface area contributed by atoms with E-state index in [1.807, 2.05) is 49.4 Å². The minimum atomic E-state index is -3.65. The van der Waals surface area contributed by atoms with Crippen molar-refractivity contribution in [3.8, 4) is 11.5 Å². The predicted octanol–water partition coefficient (Wildman–Crippen LogP) is 4.78. The maximum Gasteiger partial charge on any atom is 0.243 e. The normalized spacial score (nSPS) is 12.9. The van der Waals surface area contributed by atoms with Crippen LogP contribution < -0.4 is 19.1 Å². The van der Waals surface area contributed by atoms with Crippen molar-refractivity contribution in [2.75, 3.05) is 30.4 Å². The van der Waals surface area contributed by atoms with Crippen molar-refractivity contribution in [2.24, 2.45) is 0 Å². The molecule has 0 aliphatic carbocycles. The van der Waals surface area contributed by atoms with E-state index in [2.05, 4.69) is 5.32 Å². The van der Waals surface area contributed by atoms with Gasteiger partial charge in [0.15, 0.2) is 11.5 Å². The van der Waals surface area contributed by atoms with Crippen LogP contribution in [0.3, 0.4) is 0 Å². The fourth-order valence-electron chi connectivity index (χ4n) is 4.75. The maximum absolute atomic E-state index is 13.9. The second kappa shape index (κ2) is 14.4. The van der Waals surface area contributed by atoms with Gasteiger partial charge in [-0.25, -0.2) is 8.42 Å². The van der Waals surface area contributed by atoms with Gasteiger partial charge in [0.2, 0.25) is 28.6 Å². The highest BCUT2D eigenvalue weighted by Crippen LogP contribution is 2.36. The molecule has 1 heterocycles. The van der Waals surface area contributed by atoms with Gasteiger partial charge in [-0.2, -0.15) is 0 Å². The molecular formula is C31H36ClN3O6S. The molecule has 0 radical (unpaired) electrons. The number of nitrogens with one attached hydrogen (secondary N) is 1. The number of anilines is 1. The molecule has 11 heteroatoms. The van der Waals surface area contributed by atoms with Crippen LogP contribution in [0.4, 0.5) is 5.69 Å². The van der Waals surface area contributed by atoms with Crippen molar-refractivity contribution in [1.82, 2.24) is 10.2 Å². The molecule has 224 valence electrons. The molecule has 2 amide bonds. The first-order valence-corrected chi connectivity index (χ1v) is 16.1. The number of rotatable bonds is 14. The van der Waals surface area contributed by atoms with Crippen molar-refractivity contribution in [1.29, 1.82) is 0 Å². The van der Waals surface area contributed by atoms with Crippen LogP contribution in [0.15, 0.2) is 72.8 Å². The highest BCUT2D eigenvalue weighted by molar-refractivity contribution is 7.92. The van der Waals surface area contributed by atoms with Crippen LogP contribution in [0.5, 0.6) is 11.5 Å². The number of carbonyl (C=O) groups is 2. The molecule has 4 rings (SSSR count). The minimum Gasteiger partial charge on any atom is -0.454 e. The lowest BCUT2D eigenvalue weighted by atomic mass is 10.0. The molecule has 0 saturated heterocycles. The maximum atomic E-state index is 13.9. The summed E-state index contributed by atoms with van der Waals surface area (Å²) < 4.78 is 37.4. The largest absolute Gasteiger partial charge is 0.454 e. The number of carbonyl (C=O) groups excluding carboxylic acids is 2. The number of nitrogens with zero attached hydrogens (tertiary/aromatic N) is 2. The number of ether oxygens (including phenoxy) is 2. The molecule has 42 heavy (non-hydrogen) atoms. The van der Waals surface area contributed by atoms with Crippen molar-refractivity contribution < 1.29 is 27.5 Å². The van der Waals surface area contributed by atoms with E-state index in [9.17, 15) is 18.0 Å². The average Bonchev–Trinajstić information content (AvgIpc) is 3.44. The Morgan fingerprint density at radius 3 is 2.38 bits per heavy atom. The standard InChI is InChI=1S/C31H36ClN3O6S/c1-3-17-33-31(37)27(19-23-8-5-4-6-9-23)34(21-24-11-13-25(32)14-12-24)30(36)10-7-18-35(42(2,38)39)26-15-16-28-29(20-26)41-22-40-28/h4-6,8-9,11-16,20,27H,3,7,10,17-19,21-22H2,1-2H3,(H,33,37). The Hall–Kier alpha value is -3.76. The molecule has 3 aromatic rings. The highest BCUT2D eigenvalue weighted by atomic mass is 35.5. The zero-order valence-electron chi connectivity index (χ0n) is 23.8. The van der Waals surface area contributed by atoms with Gasteiger partial charge in [-0.3, -0.25) is 13.9 Å². The first-order valence-electron chi connectivity index (χ1n) is 13.9. The van der Waals surface area contributed by atoms with Crippen LogP contribution in [-0.4, -0.2) is 57.3 Å². The summed E-state index contributed by atoms with van der Waals surface area (Å²) in [5, 5.41) is 3.53. The van der Waals surface area contributed by atoms with Gasteiger partial charge in [-0.05, 0) is 48.2 Å². The molecule has 1 N–H and O–H groups in total. The summed E-state index contributed by atoms with van der Waals surface area (Å²) in [4.78, 5) is 28.9. The van der Waals surface area contributed by atoms with Gasteiger partial charge < -0.3 is 19.7 Å². The van der Waals surface area contributed by atoms with Crippen LogP contribution in [0.1, 0.15) is 37.3 Å². The first-order chi connectivity index (χ1) is 20.2. The van der Waals surface area contributed by atoms with E-state index in [0.29, 0.717) is 35.2 Å². The third kappa shape index (κ3) is 8.39. The summed E-state index contributed by atoms with van der Waals surface area (Å²) in [7, 11) is -3.65. The first kappa shape index (κ1) is 31.2. The summed E-state index contributed by atoms with van der Waals surface area (Å²) in [6.45, 7) is 2.81. The van der Waals surface area contributed by atoms with Gasteiger partial charge in [0.05, 0.1) is 11.9 Å². The minimum absolute atomic E-state index is 0.0382. The van der Waals surface area contributed by atoms with Crippen molar-refractivity contribution in [2.45, 2.75) is 45.2 Å². The second-order valence-corrected chi connectivity index (χ2v) is 12.5. The lowest BCUT2D eigenvalue weighted by Crippen LogP contribution is -2.50. The zero-order chi connectivity index (χ0) is 30.1. The van der Waals surface area contributed by atoms with Gasteiger partial charge in [-0.1, -0.05) is 61.0 Å². The Morgan fingerprint density at radius 1 is 0.976 bits per heavy atom. The Kier molecular flexibility index (Phi) is 10.7. The van der Waals surface area contributed by atoms with E-state index in [-0.39, 0.29) is 44.5 Å². The fraction of sp³-hybridized carbons (Fsp3) is 0.355. The zero-order valence-corrected chi connectivity index (χ0v) is 25.4. The summed E-state index contributed by atoms with van der Waals surface area (Å²) in [5.74, 6) is 0.525. The van der Waals surface area contributed by atoms with Crippen molar-refractivity contribution >= 4 is 39.1 Å². The van der Waals surface area contributed by atoms with E-state index in [0.717, 1.165) is 23.8 Å². The summed E-state index contributed by atoms with van der Waals surface area (Å²) >= 11 is 6.09. The Morgan fingerprint density at radius 2 is 1.69 bits per heavy atom. The van der Waals surface area contributed by atoms with Gasteiger partial charge in [0, 0.05) is 43.6 Å². The number of sulfonamides is 1.